The monoisotopic (exact) mass is 369 g/mol. The largest absolute Gasteiger partial charge is 0.391 e. The van der Waals surface area contributed by atoms with Gasteiger partial charge in [0.1, 0.15) is 22.4 Å². The quantitative estimate of drug-likeness (QED) is 0.349. The number of aliphatic hydroxyl groups excluding tert-OH is 2. The van der Waals surface area contributed by atoms with Crippen molar-refractivity contribution in [1.29, 1.82) is 0 Å². The maximum Gasteiger partial charge on any atom is 0.200 e. The first-order chi connectivity index (χ1) is 11.3. The Kier molecular flexibility index (Phi) is 4.27. The van der Waals surface area contributed by atoms with Crippen molar-refractivity contribution in [2.75, 3.05) is 5.73 Å². The van der Waals surface area contributed by atoms with E-state index >= 15 is 0 Å². The highest BCUT2D eigenvalue weighted by atomic mass is 35.5. The summed E-state index contributed by atoms with van der Waals surface area (Å²) in [5, 5.41) is 20.4. The molecule has 0 saturated carbocycles. The Balaban J connectivity index is 2.20. The van der Waals surface area contributed by atoms with E-state index in [1.54, 1.807) is 6.92 Å². The van der Waals surface area contributed by atoms with Crippen LogP contribution < -0.4 is 5.73 Å². The summed E-state index contributed by atoms with van der Waals surface area (Å²) in [6.45, 7) is 3.10. The van der Waals surface area contributed by atoms with E-state index in [1.165, 1.54) is 17.8 Å². The maximum absolute atomic E-state index is 10.5. The van der Waals surface area contributed by atoms with Crippen LogP contribution in [0.25, 0.3) is 11.2 Å². The van der Waals surface area contributed by atoms with Crippen LogP contribution in [0.15, 0.2) is 6.33 Å². The molecule has 0 radical (unpaired) electrons. The van der Waals surface area contributed by atoms with Crippen LogP contribution in [0.5, 0.6) is 0 Å². The number of halogens is 1. The molecule has 5 atom stereocenters. The Morgan fingerprint density at radius 3 is 2.96 bits per heavy atom. The predicted octanol–water partition coefficient (Wildman–Crippen LogP) is 0.711. The second kappa shape index (κ2) is 5.98. The van der Waals surface area contributed by atoms with E-state index in [0.717, 1.165) is 0 Å². The fourth-order valence-corrected chi connectivity index (χ4v) is 3.42. The third kappa shape index (κ3) is 2.47. The number of anilines is 1. The van der Waals surface area contributed by atoms with Crippen LogP contribution in [0.3, 0.4) is 0 Å². The smallest absolute Gasteiger partial charge is 0.200 e. The lowest BCUT2D eigenvalue weighted by molar-refractivity contribution is -0.0752. The maximum atomic E-state index is 10.5. The van der Waals surface area contributed by atoms with Gasteiger partial charge >= 0.3 is 0 Å². The van der Waals surface area contributed by atoms with Gasteiger partial charge in [-0.2, -0.15) is 4.98 Å². The molecule has 2 aromatic heterocycles. The van der Waals surface area contributed by atoms with E-state index in [0.29, 0.717) is 15.8 Å². The topological polar surface area (TPSA) is 122 Å². The Bertz CT molecular complexity index is 901. The molecule has 1 aliphatic heterocycles. The van der Waals surface area contributed by atoms with Crippen molar-refractivity contribution >= 4 is 40.9 Å². The first-order valence-corrected chi connectivity index (χ1v) is 7.95. The van der Waals surface area contributed by atoms with Gasteiger partial charge in [-0.3, -0.25) is 4.57 Å². The summed E-state index contributed by atoms with van der Waals surface area (Å²) in [4.78, 5) is 9.62. The number of nitrogens with one attached hydrogen (secondary N) is 1. The second-order valence-corrected chi connectivity index (χ2v) is 6.59. The molecule has 1 fully saturated rings. The molecule has 0 aliphatic carbocycles. The van der Waals surface area contributed by atoms with E-state index < -0.39 is 29.4 Å². The molecule has 2 aromatic rings. The molecule has 10 heteroatoms. The number of hydrogen-bond acceptors (Lipinski definition) is 7. The van der Waals surface area contributed by atoms with Crippen LogP contribution in [0.4, 0.5) is 5.95 Å². The number of ether oxygens (including phenoxy) is 1. The molecule has 0 amide bonds. The average Bonchev–Trinajstić information content (AvgIpc) is 3.00. The molecule has 128 valence electrons. The van der Waals surface area contributed by atoms with Gasteiger partial charge in [0.05, 0.1) is 12.4 Å². The van der Waals surface area contributed by atoms with Crippen molar-refractivity contribution in [3.05, 3.63) is 11.0 Å². The minimum absolute atomic E-state index is 0.113. The van der Waals surface area contributed by atoms with Gasteiger partial charge in [-0.15, -0.1) is 5.92 Å². The minimum Gasteiger partial charge on any atom is -0.391 e. The number of aliphatic hydroxyl groups is 2. The Labute approximate surface area is 147 Å². The third-order valence-corrected chi connectivity index (χ3v) is 4.68. The first kappa shape index (κ1) is 17.1. The molecule has 3 rings (SSSR count). The molecule has 3 heterocycles. The van der Waals surface area contributed by atoms with Crippen LogP contribution in [0, 0.1) is 16.5 Å². The van der Waals surface area contributed by atoms with E-state index in [9.17, 15) is 10.2 Å². The number of H-pyrrole nitrogens is 1. The summed E-state index contributed by atoms with van der Waals surface area (Å²) in [5.74, 6) is 5.58. The van der Waals surface area contributed by atoms with Gasteiger partial charge in [0.2, 0.25) is 5.95 Å². The van der Waals surface area contributed by atoms with Crippen LogP contribution in [0.2, 0.25) is 0 Å². The van der Waals surface area contributed by atoms with E-state index in [4.69, 9.17) is 34.3 Å². The fraction of sp³-hybridized carbons (Fsp3) is 0.500. The molecule has 1 aliphatic rings. The first-order valence-electron chi connectivity index (χ1n) is 7.16. The number of rotatable bonds is 2. The molecule has 24 heavy (non-hydrogen) atoms. The number of aromatic amines is 1. The zero-order valence-electron chi connectivity index (χ0n) is 12.9. The predicted molar refractivity (Wildman–Crippen MR) is 90.8 cm³/mol. The van der Waals surface area contributed by atoms with E-state index in [2.05, 4.69) is 26.8 Å². The van der Waals surface area contributed by atoms with Crippen LogP contribution >= 0.6 is 23.8 Å². The summed E-state index contributed by atoms with van der Waals surface area (Å²) in [6, 6.07) is 0. The highest BCUT2D eigenvalue weighted by Gasteiger charge is 2.57. The average molecular weight is 370 g/mol. The van der Waals surface area contributed by atoms with Crippen molar-refractivity contribution in [2.45, 2.75) is 43.3 Å². The van der Waals surface area contributed by atoms with Crippen LogP contribution in [-0.4, -0.2) is 52.9 Å². The number of imidazole rings is 1. The van der Waals surface area contributed by atoms with Gasteiger partial charge in [-0.1, -0.05) is 29.7 Å². The molecular weight excluding hydrogens is 354 g/mol. The fourth-order valence-electron chi connectivity index (χ4n) is 2.79. The van der Waals surface area contributed by atoms with Crippen LogP contribution in [0.1, 0.15) is 20.1 Å². The van der Waals surface area contributed by atoms with E-state index in [1.807, 2.05) is 0 Å². The summed E-state index contributed by atoms with van der Waals surface area (Å²) >= 11 is 11.8. The summed E-state index contributed by atoms with van der Waals surface area (Å²) in [5.41, 5.74) is 6.48. The second-order valence-electron chi connectivity index (χ2n) is 5.56. The molecule has 8 nitrogen and oxygen atoms in total. The van der Waals surface area contributed by atoms with Crippen LogP contribution in [-0.2, 0) is 4.74 Å². The molecule has 5 N–H and O–H groups in total. The highest BCUT2D eigenvalue weighted by molar-refractivity contribution is 7.71. The zero-order chi connectivity index (χ0) is 17.6. The Hall–Kier alpha value is -1.70. The number of fused-ring (bicyclic) bond motifs is 1. The molecular formula is C14H16ClN5O3S. The SMILES string of the molecule is CC#CC1(Cl)C(O)[C@@H]([C@H](C)O)O[C@H]1n1cnc2c(=S)[nH]c(N)nc21. The molecule has 2 unspecified atom stereocenters. The Morgan fingerprint density at radius 2 is 2.33 bits per heavy atom. The standard InChI is InChI=1S/C14H16ClN5O3S/c1-3-4-14(15)9(22)8(6(2)21)23-12(14)20-5-17-7-10(20)18-13(16)19-11(7)24/h5-6,8-9,12,21-22H,1-2H3,(H3,16,18,19,24)/t6-,8+,9?,12+,14?/m0/s1. The molecule has 1 saturated heterocycles. The lowest BCUT2D eigenvalue weighted by atomic mass is 9.97. The van der Waals surface area contributed by atoms with E-state index in [-0.39, 0.29) is 5.95 Å². The minimum atomic E-state index is -1.48. The van der Waals surface area contributed by atoms with Gasteiger partial charge in [-0.05, 0) is 13.8 Å². The molecule has 0 aromatic carbocycles. The highest BCUT2D eigenvalue weighted by Crippen LogP contribution is 2.45. The molecule has 0 spiro atoms. The normalized spacial score (nSPS) is 31.0. The number of nitrogens with two attached hydrogens (primary N) is 1. The van der Waals surface area contributed by atoms with Gasteiger partial charge in [-0.25, -0.2) is 4.98 Å². The van der Waals surface area contributed by atoms with Crippen molar-refractivity contribution in [2.24, 2.45) is 0 Å². The lowest BCUT2D eigenvalue weighted by Crippen LogP contribution is -2.43. The summed E-state index contributed by atoms with van der Waals surface area (Å²) < 4.78 is 7.63. The van der Waals surface area contributed by atoms with Crippen molar-refractivity contribution in [3.8, 4) is 11.8 Å². The van der Waals surface area contributed by atoms with Crippen molar-refractivity contribution in [1.82, 2.24) is 19.5 Å². The summed E-state index contributed by atoms with van der Waals surface area (Å²) in [6.07, 6.45) is -2.57. The van der Waals surface area contributed by atoms with Crippen molar-refractivity contribution < 1.29 is 14.9 Å². The van der Waals surface area contributed by atoms with Gasteiger partial charge in [0.25, 0.3) is 0 Å². The van der Waals surface area contributed by atoms with Gasteiger partial charge in [0.15, 0.2) is 16.7 Å². The number of hydrogen-bond donors (Lipinski definition) is 4. The zero-order valence-corrected chi connectivity index (χ0v) is 14.5. The van der Waals surface area contributed by atoms with Crippen molar-refractivity contribution in [3.63, 3.8) is 0 Å². The number of aromatic nitrogens is 4. The number of nitrogen functional groups attached to an aromatic ring is 1. The van der Waals surface area contributed by atoms with Gasteiger partial charge in [0, 0.05) is 0 Å². The number of alkyl halides is 1. The lowest BCUT2D eigenvalue weighted by Gasteiger charge is -2.25. The summed E-state index contributed by atoms with van der Waals surface area (Å²) in [7, 11) is 0. The third-order valence-electron chi connectivity index (χ3n) is 3.88. The molecule has 0 bridgehead atoms. The Morgan fingerprint density at radius 1 is 1.62 bits per heavy atom. The number of nitrogens with zero attached hydrogens (tertiary/aromatic N) is 3. The van der Waals surface area contributed by atoms with Gasteiger partial charge < -0.3 is 25.7 Å².